The van der Waals surface area contributed by atoms with Crippen molar-refractivity contribution in [2.75, 3.05) is 11.4 Å². The third-order valence-corrected chi connectivity index (χ3v) is 3.84. The highest BCUT2D eigenvalue weighted by Crippen LogP contribution is 2.31. The third kappa shape index (κ3) is 2.40. The monoisotopic (exact) mass is 308 g/mol. The molecule has 0 saturated heterocycles. The number of hydrogen-bond acceptors (Lipinski definition) is 3. The van der Waals surface area contributed by atoms with Crippen LogP contribution in [0.15, 0.2) is 42.5 Å². The minimum atomic E-state index is -0.359. The van der Waals surface area contributed by atoms with Crippen LogP contribution in [0.2, 0.25) is 0 Å². The first-order chi connectivity index (χ1) is 11.0. The summed E-state index contributed by atoms with van der Waals surface area (Å²) in [6, 6.07) is 11.7. The van der Waals surface area contributed by atoms with Gasteiger partial charge in [-0.15, -0.1) is 0 Å². The van der Waals surface area contributed by atoms with Crippen LogP contribution in [-0.2, 0) is 0 Å². The number of nitrogens with one attached hydrogen (secondary N) is 1. The van der Waals surface area contributed by atoms with Crippen molar-refractivity contribution in [3.8, 4) is 0 Å². The summed E-state index contributed by atoms with van der Waals surface area (Å²) < 4.78 is 0. The Balaban J connectivity index is 2.06. The maximum atomic E-state index is 12.6. The number of hydrogen-bond donors (Lipinski definition) is 1. The first-order valence-electron chi connectivity index (χ1n) is 7.41. The molecule has 0 radical (unpaired) electrons. The summed E-state index contributed by atoms with van der Waals surface area (Å²) in [7, 11) is 0. The molecule has 3 rings (SSSR count). The molecule has 3 amide bonds. The van der Waals surface area contributed by atoms with Crippen molar-refractivity contribution >= 4 is 23.4 Å². The number of amides is 3. The van der Waals surface area contributed by atoms with Gasteiger partial charge in [-0.25, -0.2) is 4.90 Å². The number of fused-ring (bicyclic) bond motifs is 1. The Kier molecular flexibility index (Phi) is 3.70. The first kappa shape index (κ1) is 15.0. The molecular formula is C18H16N2O3. The molecule has 0 spiro atoms. The molecule has 1 aliphatic rings. The zero-order chi connectivity index (χ0) is 16.6. The number of aryl methyl sites for hydroxylation is 1. The summed E-state index contributed by atoms with van der Waals surface area (Å²) >= 11 is 0. The number of benzene rings is 2. The topological polar surface area (TPSA) is 66.5 Å². The van der Waals surface area contributed by atoms with E-state index in [1.54, 1.807) is 49.4 Å². The highest BCUT2D eigenvalue weighted by atomic mass is 16.2. The van der Waals surface area contributed by atoms with Gasteiger partial charge in [0.2, 0.25) is 0 Å². The lowest BCUT2D eigenvalue weighted by atomic mass is 10.1. The molecule has 0 unspecified atom stereocenters. The second kappa shape index (κ2) is 5.68. The predicted molar refractivity (Wildman–Crippen MR) is 86.8 cm³/mol. The fraction of sp³-hybridized carbons (Fsp3) is 0.167. The Morgan fingerprint density at radius 3 is 2.22 bits per heavy atom. The van der Waals surface area contributed by atoms with Crippen molar-refractivity contribution in [3.05, 3.63) is 64.7 Å². The van der Waals surface area contributed by atoms with E-state index in [9.17, 15) is 14.4 Å². The van der Waals surface area contributed by atoms with Gasteiger partial charge in [-0.2, -0.15) is 0 Å². The van der Waals surface area contributed by atoms with Crippen LogP contribution in [0.1, 0.15) is 43.6 Å². The Labute approximate surface area is 133 Å². The fourth-order valence-electron chi connectivity index (χ4n) is 2.66. The molecule has 0 aliphatic carbocycles. The molecule has 1 heterocycles. The largest absolute Gasteiger partial charge is 0.352 e. The van der Waals surface area contributed by atoms with Crippen LogP contribution in [0.3, 0.4) is 0 Å². The van der Waals surface area contributed by atoms with E-state index in [4.69, 9.17) is 0 Å². The number of nitrogens with zero attached hydrogens (tertiary/aromatic N) is 1. The van der Waals surface area contributed by atoms with E-state index >= 15 is 0 Å². The molecule has 0 atom stereocenters. The van der Waals surface area contributed by atoms with E-state index in [-0.39, 0.29) is 17.7 Å². The molecule has 0 fully saturated rings. The van der Waals surface area contributed by atoms with Crippen molar-refractivity contribution < 1.29 is 14.4 Å². The van der Waals surface area contributed by atoms with Gasteiger partial charge in [0, 0.05) is 12.1 Å². The lowest BCUT2D eigenvalue weighted by Gasteiger charge is -2.17. The smallest absolute Gasteiger partial charge is 0.266 e. The molecule has 0 saturated carbocycles. The number of rotatable bonds is 3. The maximum Gasteiger partial charge on any atom is 0.266 e. The van der Waals surface area contributed by atoms with Crippen LogP contribution in [0.5, 0.6) is 0 Å². The van der Waals surface area contributed by atoms with E-state index < -0.39 is 0 Å². The summed E-state index contributed by atoms with van der Waals surface area (Å²) in [5.74, 6) is -0.950. The van der Waals surface area contributed by atoms with Crippen molar-refractivity contribution in [1.82, 2.24) is 5.32 Å². The van der Waals surface area contributed by atoms with E-state index in [0.29, 0.717) is 28.9 Å². The van der Waals surface area contributed by atoms with E-state index in [2.05, 4.69) is 5.32 Å². The highest BCUT2D eigenvalue weighted by molar-refractivity contribution is 6.34. The average Bonchev–Trinajstić information content (AvgIpc) is 2.80. The van der Waals surface area contributed by atoms with Crippen molar-refractivity contribution in [2.45, 2.75) is 13.8 Å². The fourth-order valence-corrected chi connectivity index (χ4v) is 2.66. The number of carbonyl (C=O) groups is 3. The molecule has 23 heavy (non-hydrogen) atoms. The van der Waals surface area contributed by atoms with Crippen LogP contribution in [0.4, 0.5) is 5.69 Å². The van der Waals surface area contributed by atoms with Crippen LogP contribution < -0.4 is 10.2 Å². The Bertz CT molecular complexity index is 792. The van der Waals surface area contributed by atoms with Crippen LogP contribution in [0, 0.1) is 6.92 Å². The highest BCUT2D eigenvalue weighted by Gasteiger charge is 2.37. The van der Waals surface area contributed by atoms with Crippen molar-refractivity contribution in [3.63, 3.8) is 0 Å². The molecule has 1 aliphatic heterocycles. The quantitative estimate of drug-likeness (QED) is 0.886. The molecule has 0 aromatic heterocycles. The van der Waals surface area contributed by atoms with Gasteiger partial charge >= 0.3 is 0 Å². The van der Waals surface area contributed by atoms with Gasteiger partial charge in [0.1, 0.15) is 0 Å². The summed E-state index contributed by atoms with van der Waals surface area (Å²) in [5.41, 5.74) is 2.40. The predicted octanol–water partition coefficient (Wildman–Crippen LogP) is 2.55. The van der Waals surface area contributed by atoms with Crippen LogP contribution in [0.25, 0.3) is 0 Å². The van der Waals surface area contributed by atoms with E-state index in [1.165, 1.54) is 0 Å². The lowest BCUT2D eigenvalue weighted by molar-refractivity contribution is 0.0919. The third-order valence-electron chi connectivity index (χ3n) is 3.84. The first-order valence-corrected chi connectivity index (χ1v) is 7.41. The Morgan fingerprint density at radius 2 is 1.65 bits per heavy atom. The Hall–Kier alpha value is -2.95. The molecular weight excluding hydrogens is 292 g/mol. The van der Waals surface area contributed by atoms with Gasteiger partial charge in [0.05, 0.1) is 16.8 Å². The summed E-state index contributed by atoms with van der Waals surface area (Å²) in [6.45, 7) is 4.15. The molecule has 2 aromatic rings. The van der Waals surface area contributed by atoms with Gasteiger partial charge in [-0.05, 0) is 43.7 Å². The maximum absolute atomic E-state index is 12.6. The standard InChI is InChI=1S/C18H16N2O3/c1-3-19-16(21)12-9-8-11(2)15(10-12)20-17(22)13-6-4-5-7-14(13)18(20)23/h4-10H,3H2,1-2H3,(H,19,21). The number of imide groups is 1. The van der Waals surface area contributed by atoms with Gasteiger partial charge in [0.15, 0.2) is 0 Å². The molecule has 2 aromatic carbocycles. The van der Waals surface area contributed by atoms with Gasteiger partial charge in [-0.3, -0.25) is 14.4 Å². The SMILES string of the molecule is CCNC(=O)c1ccc(C)c(N2C(=O)c3ccccc3C2=O)c1. The Morgan fingerprint density at radius 1 is 1.04 bits per heavy atom. The summed E-state index contributed by atoms with van der Waals surface area (Å²) in [4.78, 5) is 38.3. The average molecular weight is 308 g/mol. The van der Waals surface area contributed by atoms with Gasteiger partial charge < -0.3 is 5.32 Å². The minimum Gasteiger partial charge on any atom is -0.352 e. The second-order valence-corrected chi connectivity index (χ2v) is 5.35. The minimum absolute atomic E-state index is 0.231. The lowest BCUT2D eigenvalue weighted by Crippen LogP contribution is -2.30. The van der Waals surface area contributed by atoms with Gasteiger partial charge in [-0.1, -0.05) is 18.2 Å². The summed E-state index contributed by atoms with van der Waals surface area (Å²) in [6.07, 6.45) is 0. The normalized spacial score (nSPS) is 13.2. The van der Waals surface area contributed by atoms with Crippen LogP contribution in [-0.4, -0.2) is 24.3 Å². The second-order valence-electron chi connectivity index (χ2n) is 5.35. The summed E-state index contributed by atoms with van der Waals surface area (Å²) in [5, 5.41) is 2.71. The zero-order valence-electron chi connectivity index (χ0n) is 12.9. The molecule has 116 valence electrons. The zero-order valence-corrected chi connectivity index (χ0v) is 12.9. The molecule has 5 heteroatoms. The molecule has 1 N–H and O–H groups in total. The molecule has 5 nitrogen and oxygen atoms in total. The van der Waals surface area contributed by atoms with E-state index in [0.717, 1.165) is 10.5 Å². The van der Waals surface area contributed by atoms with E-state index in [1.807, 2.05) is 6.92 Å². The van der Waals surface area contributed by atoms with Crippen molar-refractivity contribution in [2.24, 2.45) is 0 Å². The number of carbonyl (C=O) groups excluding carboxylic acids is 3. The van der Waals surface area contributed by atoms with Crippen molar-refractivity contribution in [1.29, 1.82) is 0 Å². The van der Waals surface area contributed by atoms with Gasteiger partial charge in [0.25, 0.3) is 17.7 Å². The number of anilines is 1. The molecule has 0 bridgehead atoms. The van der Waals surface area contributed by atoms with Crippen LogP contribution >= 0.6 is 0 Å².